The summed E-state index contributed by atoms with van der Waals surface area (Å²) >= 11 is 0. The van der Waals surface area contributed by atoms with Crippen molar-refractivity contribution in [2.24, 2.45) is 17.2 Å². The summed E-state index contributed by atoms with van der Waals surface area (Å²) < 4.78 is 0. The van der Waals surface area contributed by atoms with E-state index in [2.05, 4.69) is 11.1 Å². The van der Waals surface area contributed by atoms with Crippen molar-refractivity contribution in [1.29, 1.82) is 0 Å². The van der Waals surface area contributed by atoms with Crippen LogP contribution < -0.4 is 22.1 Å². The number of piperidine rings is 1. The third-order valence-corrected chi connectivity index (χ3v) is 3.60. The Hall–Kier alpha value is -1.69. The molecule has 19 heavy (non-hydrogen) atoms. The van der Waals surface area contributed by atoms with Gasteiger partial charge in [-0.2, -0.15) is 0 Å². The second-order valence-corrected chi connectivity index (χ2v) is 5.07. The lowest BCUT2D eigenvalue weighted by molar-refractivity contribution is 0.352. The molecule has 5 nitrogen and oxygen atoms in total. The van der Waals surface area contributed by atoms with Gasteiger partial charge >= 0.3 is 0 Å². The van der Waals surface area contributed by atoms with Gasteiger partial charge in [-0.05, 0) is 31.0 Å². The van der Waals surface area contributed by atoms with E-state index in [1.165, 1.54) is 0 Å². The fourth-order valence-corrected chi connectivity index (χ4v) is 2.69. The van der Waals surface area contributed by atoms with E-state index in [0.29, 0.717) is 0 Å². The Morgan fingerprint density at radius 1 is 1.21 bits per heavy atom. The molecule has 1 radical (unpaired) electrons. The van der Waals surface area contributed by atoms with E-state index < -0.39 is 0 Å². The number of anilines is 1. The SMILES string of the molecule is NC1CC(N)N(c2[c]cc3cccnc3c2)C(N)C1. The average molecular weight is 256 g/mol. The lowest BCUT2D eigenvalue weighted by Gasteiger charge is -2.42. The van der Waals surface area contributed by atoms with Crippen LogP contribution in [-0.2, 0) is 0 Å². The van der Waals surface area contributed by atoms with Crippen molar-refractivity contribution in [2.75, 3.05) is 4.90 Å². The highest BCUT2D eigenvalue weighted by Gasteiger charge is 2.30. The zero-order valence-corrected chi connectivity index (χ0v) is 10.7. The summed E-state index contributed by atoms with van der Waals surface area (Å²) in [6, 6.07) is 11.1. The van der Waals surface area contributed by atoms with Gasteiger partial charge in [-0.1, -0.05) is 6.07 Å². The van der Waals surface area contributed by atoms with Gasteiger partial charge < -0.3 is 22.1 Å². The summed E-state index contributed by atoms with van der Waals surface area (Å²) in [6.45, 7) is 0. The van der Waals surface area contributed by atoms with Crippen LogP contribution in [0.5, 0.6) is 0 Å². The highest BCUT2D eigenvalue weighted by Crippen LogP contribution is 2.26. The first-order valence-electron chi connectivity index (χ1n) is 6.46. The first-order chi connectivity index (χ1) is 9.15. The minimum Gasteiger partial charge on any atom is -0.340 e. The van der Waals surface area contributed by atoms with Gasteiger partial charge in [-0.3, -0.25) is 4.98 Å². The largest absolute Gasteiger partial charge is 0.340 e. The molecule has 1 aliphatic rings. The van der Waals surface area contributed by atoms with E-state index >= 15 is 0 Å². The molecular formula is C14H18N5. The number of fused-ring (bicyclic) bond motifs is 1. The first kappa shape index (κ1) is 12.3. The third kappa shape index (κ3) is 2.28. The van der Waals surface area contributed by atoms with Crippen LogP contribution in [0.3, 0.4) is 0 Å². The van der Waals surface area contributed by atoms with Gasteiger partial charge in [0.2, 0.25) is 0 Å². The molecule has 2 aromatic rings. The Kier molecular flexibility index (Phi) is 3.10. The van der Waals surface area contributed by atoms with E-state index in [-0.39, 0.29) is 18.4 Å². The van der Waals surface area contributed by atoms with E-state index in [1.54, 1.807) is 6.20 Å². The van der Waals surface area contributed by atoms with Gasteiger partial charge in [0.15, 0.2) is 0 Å². The summed E-state index contributed by atoms with van der Waals surface area (Å²) in [5.41, 5.74) is 20.1. The number of hydrogen-bond donors (Lipinski definition) is 3. The van der Waals surface area contributed by atoms with Crippen molar-refractivity contribution in [3.63, 3.8) is 0 Å². The van der Waals surface area contributed by atoms with Crippen LogP contribution in [0.2, 0.25) is 0 Å². The molecule has 1 aromatic carbocycles. The Balaban J connectivity index is 1.98. The number of benzene rings is 1. The number of pyridine rings is 1. The quantitative estimate of drug-likeness (QED) is 0.692. The van der Waals surface area contributed by atoms with Gasteiger partial charge in [0.1, 0.15) is 0 Å². The molecule has 0 saturated carbocycles. The number of aromatic nitrogens is 1. The monoisotopic (exact) mass is 256 g/mol. The molecule has 2 unspecified atom stereocenters. The summed E-state index contributed by atoms with van der Waals surface area (Å²) in [4.78, 5) is 6.33. The van der Waals surface area contributed by atoms with Crippen molar-refractivity contribution < 1.29 is 0 Å². The maximum absolute atomic E-state index is 6.16. The molecule has 1 fully saturated rings. The van der Waals surface area contributed by atoms with Crippen LogP contribution in [0.4, 0.5) is 5.69 Å². The molecule has 0 aliphatic carbocycles. The van der Waals surface area contributed by atoms with Gasteiger partial charge in [-0.15, -0.1) is 0 Å². The standard InChI is InChI=1S/C14H18N5/c15-10-6-13(16)19(14(17)7-10)11-4-3-9-2-1-5-18-12(9)8-11/h1-3,5,8,10,13-14H,6-7,15-17H2. The Morgan fingerprint density at radius 3 is 2.68 bits per heavy atom. The summed E-state index contributed by atoms with van der Waals surface area (Å²) in [6.07, 6.45) is 2.91. The topological polar surface area (TPSA) is 94.2 Å². The van der Waals surface area contributed by atoms with Gasteiger partial charge in [0.25, 0.3) is 0 Å². The molecule has 0 amide bonds. The number of nitrogens with zero attached hydrogens (tertiary/aromatic N) is 2. The zero-order valence-electron chi connectivity index (χ0n) is 10.7. The molecular weight excluding hydrogens is 238 g/mol. The van der Waals surface area contributed by atoms with E-state index in [9.17, 15) is 0 Å². The molecule has 6 N–H and O–H groups in total. The first-order valence-corrected chi connectivity index (χ1v) is 6.46. The normalized spacial score (nSPS) is 27.7. The molecule has 3 rings (SSSR count). The predicted octanol–water partition coefficient (Wildman–Crippen LogP) is 0.532. The number of nitrogens with two attached hydrogens (primary N) is 3. The Morgan fingerprint density at radius 2 is 1.95 bits per heavy atom. The van der Waals surface area contributed by atoms with Crippen LogP contribution in [-0.4, -0.2) is 23.4 Å². The summed E-state index contributed by atoms with van der Waals surface area (Å²) in [5, 5.41) is 1.06. The van der Waals surface area contributed by atoms with E-state index in [0.717, 1.165) is 29.4 Å². The van der Waals surface area contributed by atoms with Crippen LogP contribution in [0.25, 0.3) is 10.9 Å². The Labute approximate surface area is 112 Å². The second kappa shape index (κ2) is 4.77. The molecule has 2 atom stereocenters. The van der Waals surface area contributed by atoms with E-state index in [1.807, 2.05) is 29.2 Å². The van der Waals surface area contributed by atoms with Crippen molar-refractivity contribution in [3.8, 4) is 0 Å². The van der Waals surface area contributed by atoms with Crippen LogP contribution >= 0.6 is 0 Å². The summed E-state index contributed by atoms with van der Waals surface area (Å²) in [7, 11) is 0. The molecule has 5 heteroatoms. The summed E-state index contributed by atoms with van der Waals surface area (Å²) in [5.74, 6) is 0. The van der Waals surface area contributed by atoms with Gasteiger partial charge in [-0.25, -0.2) is 0 Å². The van der Waals surface area contributed by atoms with Crippen LogP contribution in [0, 0.1) is 6.07 Å². The van der Waals surface area contributed by atoms with Crippen LogP contribution in [0.15, 0.2) is 30.5 Å². The minimum absolute atomic E-state index is 0.0693. The second-order valence-electron chi connectivity index (χ2n) is 5.07. The lowest BCUT2D eigenvalue weighted by Crippen LogP contribution is -2.60. The van der Waals surface area contributed by atoms with Crippen molar-refractivity contribution >= 4 is 16.6 Å². The van der Waals surface area contributed by atoms with Gasteiger partial charge in [0, 0.05) is 29.4 Å². The molecule has 2 heterocycles. The fraction of sp³-hybridized carbons (Fsp3) is 0.357. The van der Waals surface area contributed by atoms with Crippen molar-refractivity contribution in [1.82, 2.24) is 4.98 Å². The molecule has 99 valence electrons. The molecule has 0 spiro atoms. The fourth-order valence-electron chi connectivity index (χ4n) is 2.69. The molecule has 1 aliphatic heterocycles. The average Bonchev–Trinajstić information content (AvgIpc) is 2.37. The van der Waals surface area contributed by atoms with Gasteiger partial charge in [0.05, 0.1) is 17.8 Å². The zero-order chi connectivity index (χ0) is 13.4. The minimum atomic E-state index is -0.170. The highest BCUT2D eigenvalue weighted by molar-refractivity contribution is 5.82. The highest BCUT2D eigenvalue weighted by atomic mass is 15.3. The number of rotatable bonds is 1. The number of hydrogen-bond acceptors (Lipinski definition) is 5. The maximum Gasteiger partial charge on any atom is 0.0801 e. The molecule has 1 aromatic heterocycles. The molecule has 1 saturated heterocycles. The van der Waals surface area contributed by atoms with Crippen molar-refractivity contribution in [2.45, 2.75) is 31.2 Å². The third-order valence-electron chi connectivity index (χ3n) is 3.60. The van der Waals surface area contributed by atoms with Crippen molar-refractivity contribution in [3.05, 3.63) is 36.5 Å². The maximum atomic E-state index is 6.16. The lowest BCUT2D eigenvalue weighted by atomic mass is 9.99. The Bertz CT molecular complexity index is 573. The predicted molar refractivity (Wildman–Crippen MR) is 76.2 cm³/mol. The van der Waals surface area contributed by atoms with Crippen LogP contribution in [0.1, 0.15) is 12.8 Å². The smallest absolute Gasteiger partial charge is 0.0801 e. The molecule has 0 bridgehead atoms. The van der Waals surface area contributed by atoms with E-state index in [4.69, 9.17) is 17.2 Å².